The largest absolute Gasteiger partial charge is 0.394 e. The van der Waals surface area contributed by atoms with Gasteiger partial charge in [-0.15, -0.1) is 0 Å². The molecular weight excluding hydrogens is 368 g/mol. The van der Waals surface area contributed by atoms with Crippen LogP contribution in [0, 0.1) is 0 Å². The second kappa shape index (κ2) is 7.97. The van der Waals surface area contributed by atoms with E-state index in [4.69, 9.17) is 0 Å². The van der Waals surface area contributed by atoms with E-state index in [0.29, 0.717) is 0 Å². The average Bonchev–Trinajstić information content (AvgIpc) is 2.75. The number of aliphatic hydroxyl groups excluding tert-OH is 1. The van der Waals surface area contributed by atoms with Crippen LogP contribution in [0.4, 0.5) is 9.59 Å². The third-order valence-corrected chi connectivity index (χ3v) is 5.21. The van der Waals surface area contributed by atoms with Gasteiger partial charge >= 0.3 is 12.1 Å². The highest BCUT2D eigenvalue weighted by Gasteiger charge is 2.47. The molecule has 2 aromatic carbocycles. The van der Waals surface area contributed by atoms with Gasteiger partial charge in [0.1, 0.15) is 0 Å². The van der Waals surface area contributed by atoms with Crippen LogP contribution >= 0.6 is 0 Å². The van der Waals surface area contributed by atoms with E-state index in [2.05, 4.69) is 0 Å². The minimum atomic E-state index is -0.570. The van der Waals surface area contributed by atoms with Gasteiger partial charge in [0, 0.05) is 0 Å². The standard InChI is InChI=1S/C22H24N4O3/c1-17-12-13-20(16-27)26-22(29)24(15-19-10-6-3-7-11-19)23(21(28)25(17)26)14-18-8-4-2-5-9-18/h2-13,17,20,27H,14-16H2,1H3. The number of hydrogen-bond donors (Lipinski definition) is 1. The zero-order valence-electron chi connectivity index (χ0n) is 16.3. The highest BCUT2D eigenvalue weighted by atomic mass is 16.3. The van der Waals surface area contributed by atoms with Gasteiger partial charge in [-0.05, 0) is 18.1 Å². The molecular formula is C22H24N4O3. The zero-order chi connectivity index (χ0) is 20.4. The fourth-order valence-corrected chi connectivity index (χ4v) is 3.71. The molecule has 2 heterocycles. The lowest BCUT2D eigenvalue weighted by Crippen LogP contribution is -2.72. The monoisotopic (exact) mass is 392 g/mol. The minimum absolute atomic E-state index is 0.253. The van der Waals surface area contributed by atoms with Gasteiger partial charge in [0.15, 0.2) is 0 Å². The molecule has 4 amide bonds. The van der Waals surface area contributed by atoms with Crippen molar-refractivity contribution in [2.24, 2.45) is 0 Å². The Morgan fingerprint density at radius 3 is 1.72 bits per heavy atom. The van der Waals surface area contributed by atoms with Crippen molar-refractivity contribution in [3.8, 4) is 0 Å². The maximum Gasteiger partial charge on any atom is 0.358 e. The lowest BCUT2D eigenvalue weighted by Gasteiger charge is -2.53. The molecule has 0 aliphatic carbocycles. The van der Waals surface area contributed by atoms with Crippen LogP contribution in [0.2, 0.25) is 0 Å². The summed E-state index contributed by atoms with van der Waals surface area (Å²) in [6, 6.07) is 17.7. The topological polar surface area (TPSA) is 67.3 Å². The van der Waals surface area contributed by atoms with Crippen LogP contribution in [-0.4, -0.2) is 55.9 Å². The van der Waals surface area contributed by atoms with Crippen LogP contribution in [-0.2, 0) is 13.1 Å². The number of hydrogen-bond acceptors (Lipinski definition) is 3. The van der Waals surface area contributed by atoms with Gasteiger partial charge in [0.2, 0.25) is 0 Å². The van der Waals surface area contributed by atoms with Gasteiger partial charge in [0.25, 0.3) is 0 Å². The van der Waals surface area contributed by atoms with E-state index in [1.165, 1.54) is 20.0 Å². The van der Waals surface area contributed by atoms with E-state index in [1.54, 1.807) is 6.08 Å². The first-order chi connectivity index (χ1) is 14.1. The average molecular weight is 392 g/mol. The number of nitrogens with zero attached hydrogens (tertiary/aromatic N) is 4. The van der Waals surface area contributed by atoms with Crippen LogP contribution < -0.4 is 0 Å². The van der Waals surface area contributed by atoms with Gasteiger partial charge in [-0.1, -0.05) is 72.8 Å². The number of carbonyl (C=O) groups is 2. The molecule has 2 aliphatic rings. The molecule has 0 aromatic heterocycles. The van der Waals surface area contributed by atoms with Crippen molar-refractivity contribution in [1.29, 1.82) is 0 Å². The summed E-state index contributed by atoms with van der Waals surface area (Å²) in [7, 11) is 0. The van der Waals surface area contributed by atoms with E-state index >= 15 is 0 Å². The summed E-state index contributed by atoms with van der Waals surface area (Å²) in [5.41, 5.74) is 1.85. The first kappa shape index (κ1) is 19.0. The molecule has 0 bridgehead atoms. The summed E-state index contributed by atoms with van der Waals surface area (Å²) < 4.78 is 0. The highest BCUT2D eigenvalue weighted by molar-refractivity contribution is 5.87. The zero-order valence-corrected chi connectivity index (χ0v) is 16.3. The molecule has 2 aromatic rings. The second-order valence-electron chi connectivity index (χ2n) is 7.22. The Kier molecular flexibility index (Phi) is 5.22. The molecule has 0 spiro atoms. The van der Waals surface area contributed by atoms with E-state index in [-0.39, 0.29) is 37.8 Å². The van der Waals surface area contributed by atoms with Crippen LogP contribution in [0.25, 0.3) is 0 Å². The van der Waals surface area contributed by atoms with E-state index in [9.17, 15) is 14.7 Å². The first-order valence-electron chi connectivity index (χ1n) is 9.68. The third kappa shape index (κ3) is 3.56. The molecule has 1 saturated heterocycles. The summed E-state index contributed by atoms with van der Waals surface area (Å²) in [6.45, 7) is 2.15. The van der Waals surface area contributed by atoms with E-state index < -0.39 is 6.04 Å². The number of rotatable bonds is 5. The molecule has 2 unspecified atom stereocenters. The number of urea groups is 2. The Bertz CT molecular complexity index is 903. The summed E-state index contributed by atoms with van der Waals surface area (Å²) in [6.07, 6.45) is 3.62. The maximum atomic E-state index is 13.5. The minimum Gasteiger partial charge on any atom is -0.394 e. The number of amides is 4. The molecule has 1 N–H and O–H groups in total. The molecule has 29 heavy (non-hydrogen) atoms. The number of aliphatic hydroxyl groups is 1. The maximum absolute atomic E-state index is 13.5. The van der Waals surface area contributed by atoms with Gasteiger partial charge < -0.3 is 5.11 Å². The SMILES string of the molecule is CC1C=CC(CO)N2C(=O)N(Cc3ccccc3)N(Cc3ccccc3)C(=O)N12. The van der Waals surface area contributed by atoms with Crippen molar-refractivity contribution < 1.29 is 14.7 Å². The Morgan fingerprint density at radius 2 is 1.24 bits per heavy atom. The normalized spacial score (nSPS) is 21.6. The van der Waals surface area contributed by atoms with Crippen LogP contribution in [0.1, 0.15) is 18.1 Å². The molecule has 1 fully saturated rings. The Balaban J connectivity index is 1.72. The quantitative estimate of drug-likeness (QED) is 0.796. The smallest absolute Gasteiger partial charge is 0.358 e. The number of fused-ring (bicyclic) bond motifs is 1. The van der Waals surface area contributed by atoms with Crippen molar-refractivity contribution in [3.05, 3.63) is 83.9 Å². The molecule has 0 radical (unpaired) electrons. The van der Waals surface area contributed by atoms with Gasteiger partial charge in [-0.2, -0.15) is 0 Å². The first-order valence-corrected chi connectivity index (χ1v) is 9.68. The second-order valence-corrected chi connectivity index (χ2v) is 7.22. The molecule has 0 saturated carbocycles. The fraction of sp³-hybridized carbons (Fsp3) is 0.273. The van der Waals surface area contributed by atoms with E-state index in [1.807, 2.05) is 73.7 Å². The molecule has 4 rings (SSSR count). The van der Waals surface area contributed by atoms with Gasteiger partial charge in [-0.25, -0.2) is 29.6 Å². The summed E-state index contributed by atoms with van der Waals surface area (Å²) in [5.74, 6) is 0. The molecule has 150 valence electrons. The van der Waals surface area contributed by atoms with Crippen molar-refractivity contribution in [2.75, 3.05) is 6.61 Å². The number of benzene rings is 2. The van der Waals surface area contributed by atoms with Crippen molar-refractivity contribution in [2.45, 2.75) is 32.1 Å². The number of hydrazine groups is 2. The summed E-state index contributed by atoms with van der Waals surface area (Å²) >= 11 is 0. The molecule has 2 aliphatic heterocycles. The molecule has 2 atom stereocenters. The molecule has 7 heteroatoms. The van der Waals surface area contributed by atoms with Crippen LogP contribution in [0.5, 0.6) is 0 Å². The number of carbonyl (C=O) groups excluding carboxylic acids is 2. The van der Waals surface area contributed by atoms with Crippen molar-refractivity contribution >= 4 is 12.1 Å². The van der Waals surface area contributed by atoms with Crippen molar-refractivity contribution in [3.63, 3.8) is 0 Å². The van der Waals surface area contributed by atoms with Crippen molar-refractivity contribution in [1.82, 2.24) is 20.0 Å². The summed E-state index contributed by atoms with van der Waals surface area (Å²) in [5, 5.41) is 15.6. The highest BCUT2D eigenvalue weighted by Crippen LogP contribution is 2.29. The lowest BCUT2D eigenvalue weighted by molar-refractivity contribution is -0.112. The third-order valence-electron chi connectivity index (χ3n) is 5.21. The van der Waals surface area contributed by atoms with Crippen LogP contribution in [0.15, 0.2) is 72.8 Å². The van der Waals surface area contributed by atoms with E-state index in [0.717, 1.165) is 11.1 Å². The Morgan fingerprint density at radius 1 is 0.759 bits per heavy atom. The van der Waals surface area contributed by atoms with Crippen LogP contribution in [0.3, 0.4) is 0 Å². The Labute approximate surface area is 170 Å². The lowest BCUT2D eigenvalue weighted by atomic mass is 10.1. The summed E-state index contributed by atoms with van der Waals surface area (Å²) in [4.78, 5) is 27.0. The predicted octanol–water partition coefficient (Wildman–Crippen LogP) is 3.00. The Hall–Kier alpha value is -3.32. The molecule has 7 nitrogen and oxygen atoms in total. The van der Waals surface area contributed by atoms with Gasteiger partial charge in [0.05, 0.1) is 31.8 Å². The fourth-order valence-electron chi connectivity index (χ4n) is 3.71. The predicted molar refractivity (Wildman–Crippen MR) is 108 cm³/mol. The van der Waals surface area contributed by atoms with Gasteiger partial charge in [-0.3, -0.25) is 0 Å².